The van der Waals surface area contributed by atoms with E-state index in [1.54, 1.807) is 0 Å². The summed E-state index contributed by atoms with van der Waals surface area (Å²) in [6.45, 7) is 8.89. The fourth-order valence-corrected chi connectivity index (χ4v) is 4.43. The van der Waals surface area contributed by atoms with E-state index < -0.39 is 5.97 Å². The first-order valence-corrected chi connectivity index (χ1v) is 8.81. The molecule has 0 aromatic heterocycles. The van der Waals surface area contributed by atoms with Gasteiger partial charge in [0.15, 0.2) is 0 Å². The lowest BCUT2D eigenvalue weighted by Crippen LogP contribution is -2.53. The van der Waals surface area contributed by atoms with Gasteiger partial charge < -0.3 is 10.4 Å². The van der Waals surface area contributed by atoms with Gasteiger partial charge in [0, 0.05) is 12.1 Å². The SMILES string of the molecule is CC1CCCC(NC2CCC(C(=O)O)C(C)(C)C2C)CC1. The normalized spacial score (nSPS) is 40.5. The minimum absolute atomic E-state index is 0.125. The van der Waals surface area contributed by atoms with Crippen molar-refractivity contribution in [3.8, 4) is 0 Å². The molecule has 21 heavy (non-hydrogen) atoms. The molecule has 0 bridgehead atoms. The molecule has 0 aromatic rings. The highest BCUT2D eigenvalue weighted by molar-refractivity contribution is 5.71. The van der Waals surface area contributed by atoms with E-state index in [9.17, 15) is 9.90 Å². The van der Waals surface area contributed by atoms with E-state index in [0.29, 0.717) is 18.0 Å². The van der Waals surface area contributed by atoms with Crippen molar-refractivity contribution in [1.29, 1.82) is 0 Å². The van der Waals surface area contributed by atoms with Crippen molar-refractivity contribution in [2.24, 2.45) is 23.2 Å². The number of hydrogen-bond acceptors (Lipinski definition) is 2. The first kappa shape index (κ1) is 16.8. The van der Waals surface area contributed by atoms with Gasteiger partial charge in [0.05, 0.1) is 5.92 Å². The second-order valence-corrected chi connectivity index (χ2v) is 8.16. The maximum Gasteiger partial charge on any atom is 0.307 e. The van der Waals surface area contributed by atoms with Gasteiger partial charge in [-0.1, -0.05) is 40.5 Å². The molecule has 2 fully saturated rings. The molecule has 2 rings (SSSR count). The smallest absolute Gasteiger partial charge is 0.307 e. The molecule has 3 heteroatoms. The summed E-state index contributed by atoms with van der Waals surface area (Å²) < 4.78 is 0. The maximum absolute atomic E-state index is 11.5. The largest absolute Gasteiger partial charge is 0.481 e. The van der Waals surface area contributed by atoms with Gasteiger partial charge in [-0.3, -0.25) is 4.79 Å². The Morgan fingerprint density at radius 1 is 1.05 bits per heavy atom. The molecule has 3 nitrogen and oxygen atoms in total. The predicted octanol–water partition coefficient (Wildman–Crippen LogP) is 4.07. The third kappa shape index (κ3) is 3.80. The lowest BCUT2D eigenvalue weighted by Gasteiger charge is -2.47. The predicted molar refractivity (Wildman–Crippen MR) is 86.3 cm³/mol. The van der Waals surface area contributed by atoms with Crippen LogP contribution in [0.5, 0.6) is 0 Å². The van der Waals surface area contributed by atoms with Gasteiger partial charge in [-0.05, 0) is 49.4 Å². The molecule has 0 heterocycles. The summed E-state index contributed by atoms with van der Waals surface area (Å²) in [5.41, 5.74) is -0.125. The lowest BCUT2D eigenvalue weighted by atomic mass is 9.61. The molecule has 2 saturated carbocycles. The molecule has 122 valence electrons. The van der Waals surface area contributed by atoms with Crippen molar-refractivity contribution in [3.05, 3.63) is 0 Å². The molecule has 5 atom stereocenters. The fourth-order valence-electron chi connectivity index (χ4n) is 4.43. The summed E-state index contributed by atoms with van der Waals surface area (Å²) in [7, 11) is 0. The van der Waals surface area contributed by atoms with Gasteiger partial charge in [-0.2, -0.15) is 0 Å². The molecular weight excluding hydrogens is 262 g/mol. The molecule has 2 N–H and O–H groups in total. The number of nitrogens with one attached hydrogen (secondary N) is 1. The van der Waals surface area contributed by atoms with Crippen LogP contribution >= 0.6 is 0 Å². The van der Waals surface area contributed by atoms with Gasteiger partial charge in [-0.25, -0.2) is 0 Å². The van der Waals surface area contributed by atoms with Gasteiger partial charge in [0.2, 0.25) is 0 Å². The molecule has 2 aliphatic carbocycles. The molecule has 0 aromatic carbocycles. The second kappa shape index (κ2) is 6.68. The highest BCUT2D eigenvalue weighted by Crippen LogP contribution is 2.45. The molecule has 0 aliphatic heterocycles. The van der Waals surface area contributed by atoms with Crippen molar-refractivity contribution in [2.75, 3.05) is 0 Å². The number of rotatable bonds is 3. The zero-order valence-corrected chi connectivity index (χ0v) is 14.2. The van der Waals surface area contributed by atoms with Crippen LogP contribution < -0.4 is 5.32 Å². The summed E-state index contributed by atoms with van der Waals surface area (Å²) >= 11 is 0. The van der Waals surface area contributed by atoms with E-state index in [1.165, 1.54) is 32.1 Å². The van der Waals surface area contributed by atoms with Gasteiger partial charge >= 0.3 is 5.97 Å². The van der Waals surface area contributed by atoms with Gasteiger partial charge in [0.25, 0.3) is 0 Å². The van der Waals surface area contributed by atoms with Crippen molar-refractivity contribution >= 4 is 5.97 Å². The Morgan fingerprint density at radius 3 is 2.43 bits per heavy atom. The van der Waals surface area contributed by atoms with Crippen LogP contribution in [-0.4, -0.2) is 23.2 Å². The fraction of sp³-hybridized carbons (Fsp3) is 0.944. The summed E-state index contributed by atoms with van der Waals surface area (Å²) in [6, 6.07) is 1.12. The Balaban J connectivity index is 1.97. The van der Waals surface area contributed by atoms with Crippen LogP contribution in [0, 0.1) is 23.2 Å². The average Bonchev–Trinajstić information content (AvgIpc) is 2.60. The second-order valence-electron chi connectivity index (χ2n) is 8.16. The lowest BCUT2D eigenvalue weighted by molar-refractivity contribution is -0.150. The van der Waals surface area contributed by atoms with E-state index in [0.717, 1.165) is 18.8 Å². The Bertz CT molecular complexity index is 366. The summed E-state index contributed by atoms with van der Waals surface area (Å²) in [6.07, 6.45) is 8.43. The van der Waals surface area contributed by atoms with Crippen LogP contribution in [0.3, 0.4) is 0 Å². The molecule has 0 spiro atoms. The standard InChI is InChI=1S/C18H33NO2/c1-12-6-5-7-14(9-8-12)19-16-11-10-15(17(20)21)18(3,4)13(16)2/h12-16,19H,5-11H2,1-4H3,(H,20,21). The summed E-state index contributed by atoms with van der Waals surface area (Å²) in [5, 5.41) is 13.3. The van der Waals surface area contributed by atoms with Crippen LogP contribution in [0.15, 0.2) is 0 Å². The first-order chi connectivity index (χ1) is 9.82. The zero-order chi connectivity index (χ0) is 15.6. The number of carbonyl (C=O) groups is 1. The Morgan fingerprint density at radius 2 is 1.76 bits per heavy atom. The van der Waals surface area contributed by atoms with Crippen molar-refractivity contribution in [2.45, 2.75) is 84.7 Å². The topological polar surface area (TPSA) is 49.3 Å². The minimum atomic E-state index is -0.617. The molecule has 5 unspecified atom stereocenters. The Kier molecular flexibility index (Phi) is 5.34. The van der Waals surface area contributed by atoms with E-state index in [4.69, 9.17) is 0 Å². The summed E-state index contributed by atoms with van der Waals surface area (Å²) in [4.78, 5) is 11.5. The van der Waals surface area contributed by atoms with Crippen molar-refractivity contribution in [3.63, 3.8) is 0 Å². The minimum Gasteiger partial charge on any atom is -0.481 e. The van der Waals surface area contributed by atoms with Crippen LogP contribution in [0.4, 0.5) is 0 Å². The zero-order valence-electron chi connectivity index (χ0n) is 14.2. The molecule has 2 aliphatic rings. The van der Waals surface area contributed by atoms with Crippen LogP contribution in [0.1, 0.15) is 72.6 Å². The van der Waals surface area contributed by atoms with E-state index >= 15 is 0 Å². The highest BCUT2D eigenvalue weighted by atomic mass is 16.4. The first-order valence-electron chi connectivity index (χ1n) is 8.81. The van der Waals surface area contributed by atoms with Crippen molar-refractivity contribution < 1.29 is 9.90 Å². The Hall–Kier alpha value is -0.570. The van der Waals surface area contributed by atoms with Gasteiger partial charge in [-0.15, -0.1) is 0 Å². The van der Waals surface area contributed by atoms with E-state index in [1.807, 2.05) is 0 Å². The monoisotopic (exact) mass is 295 g/mol. The van der Waals surface area contributed by atoms with Crippen LogP contribution in [0.25, 0.3) is 0 Å². The van der Waals surface area contributed by atoms with Crippen LogP contribution in [-0.2, 0) is 4.79 Å². The Labute approximate surface area is 129 Å². The number of hydrogen-bond donors (Lipinski definition) is 2. The maximum atomic E-state index is 11.5. The molecule has 0 saturated heterocycles. The molecule has 0 radical (unpaired) electrons. The summed E-state index contributed by atoms with van der Waals surface area (Å²) in [5.74, 6) is 0.467. The van der Waals surface area contributed by atoms with E-state index in [2.05, 4.69) is 33.0 Å². The number of carboxylic acid groups (broad SMARTS) is 1. The highest BCUT2D eigenvalue weighted by Gasteiger charge is 2.46. The quantitative estimate of drug-likeness (QED) is 0.772. The number of carboxylic acids is 1. The van der Waals surface area contributed by atoms with Gasteiger partial charge in [0.1, 0.15) is 0 Å². The third-order valence-corrected chi connectivity index (χ3v) is 6.45. The molecular formula is C18H33NO2. The number of aliphatic carboxylic acids is 1. The average molecular weight is 295 g/mol. The van der Waals surface area contributed by atoms with Crippen LogP contribution in [0.2, 0.25) is 0 Å². The third-order valence-electron chi connectivity index (χ3n) is 6.45. The molecule has 0 amide bonds. The van der Waals surface area contributed by atoms with Crippen molar-refractivity contribution in [1.82, 2.24) is 5.32 Å². The van der Waals surface area contributed by atoms with E-state index in [-0.39, 0.29) is 11.3 Å².